The summed E-state index contributed by atoms with van der Waals surface area (Å²) in [6, 6.07) is 7.44. The summed E-state index contributed by atoms with van der Waals surface area (Å²) < 4.78 is 31.0. The van der Waals surface area contributed by atoms with E-state index in [2.05, 4.69) is 84.7 Å². The van der Waals surface area contributed by atoms with Crippen LogP contribution in [-0.4, -0.2) is 36.7 Å². The second kappa shape index (κ2) is 14.0. The number of rotatable bonds is 13. The molecule has 0 fully saturated rings. The lowest BCUT2D eigenvalue weighted by Crippen LogP contribution is -2.36. The van der Waals surface area contributed by atoms with E-state index in [9.17, 15) is 14.5 Å². The van der Waals surface area contributed by atoms with Gasteiger partial charge in [0, 0.05) is 7.11 Å². The molecule has 2 aromatic carbocycles. The van der Waals surface area contributed by atoms with Gasteiger partial charge in [-0.1, -0.05) is 55.4 Å². The SMILES string of the molecule is COCP(=O)(N[C@@H](C)C(=O)OC(C)C)Oc1c(C(C)C)cc(-c2cc(C(C)C)c(O)c(C(C)C)c2)cc1C(C)C. The molecule has 40 heavy (non-hydrogen) atoms. The molecule has 0 saturated heterocycles. The lowest BCUT2D eigenvalue weighted by Gasteiger charge is -2.28. The number of ether oxygens (including phenoxy) is 2. The van der Waals surface area contributed by atoms with Crippen LogP contribution in [0.2, 0.25) is 0 Å². The molecular weight excluding hydrogens is 525 g/mol. The van der Waals surface area contributed by atoms with Crippen LogP contribution in [0.25, 0.3) is 11.1 Å². The predicted octanol–water partition coefficient (Wildman–Crippen LogP) is 8.66. The molecule has 7 nitrogen and oxygen atoms in total. The number of aromatic hydroxyl groups is 1. The second-order valence-corrected chi connectivity index (χ2v) is 14.2. The zero-order chi connectivity index (χ0) is 30.5. The molecular formula is C32H50NO6P. The highest BCUT2D eigenvalue weighted by atomic mass is 31.2. The Hall–Kier alpha value is -2.34. The Morgan fingerprint density at radius 2 is 1.18 bits per heavy atom. The summed E-state index contributed by atoms with van der Waals surface area (Å²) in [6.07, 6.45) is -0.504. The topological polar surface area (TPSA) is 94.1 Å². The number of hydrogen-bond acceptors (Lipinski definition) is 6. The second-order valence-electron chi connectivity index (χ2n) is 12.1. The zero-order valence-corrected chi connectivity index (χ0v) is 27.3. The van der Waals surface area contributed by atoms with Crippen molar-refractivity contribution in [2.24, 2.45) is 0 Å². The third-order valence-corrected chi connectivity index (χ3v) is 8.63. The van der Waals surface area contributed by atoms with Crippen LogP contribution in [0.3, 0.4) is 0 Å². The molecule has 0 aliphatic carbocycles. The Kier molecular flexibility index (Phi) is 11.9. The molecule has 8 heteroatoms. The van der Waals surface area contributed by atoms with Gasteiger partial charge in [0.15, 0.2) is 0 Å². The molecule has 2 rings (SSSR count). The minimum absolute atomic E-state index is 0.0537. The minimum Gasteiger partial charge on any atom is -0.507 e. The number of hydrogen-bond donors (Lipinski definition) is 2. The summed E-state index contributed by atoms with van der Waals surface area (Å²) in [5.74, 6) is 0.814. The van der Waals surface area contributed by atoms with Crippen LogP contribution in [0.15, 0.2) is 24.3 Å². The van der Waals surface area contributed by atoms with E-state index < -0.39 is 19.5 Å². The lowest BCUT2D eigenvalue weighted by molar-refractivity contribution is -0.149. The van der Waals surface area contributed by atoms with E-state index in [0.717, 1.165) is 33.4 Å². The predicted molar refractivity (Wildman–Crippen MR) is 164 cm³/mol. The third-order valence-electron chi connectivity index (χ3n) is 6.77. The van der Waals surface area contributed by atoms with Gasteiger partial charge in [-0.2, -0.15) is 0 Å². The van der Waals surface area contributed by atoms with Gasteiger partial charge in [0.2, 0.25) is 0 Å². The molecule has 2 atom stereocenters. The van der Waals surface area contributed by atoms with Crippen LogP contribution in [0.1, 0.15) is 122 Å². The van der Waals surface area contributed by atoms with E-state index in [1.165, 1.54) is 7.11 Å². The molecule has 0 heterocycles. The Balaban J connectivity index is 2.72. The first-order valence-corrected chi connectivity index (χ1v) is 16.1. The number of carbonyl (C=O) groups is 1. The van der Waals surface area contributed by atoms with Crippen molar-refractivity contribution in [3.05, 3.63) is 46.5 Å². The number of phenols is 1. The van der Waals surface area contributed by atoms with Crippen molar-refractivity contribution in [1.82, 2.24) is 5.09 Å². The molecule has 0 spiro atoms. The summed E-state index contributed by atoms with van der Waals surface area (Å²) in [7, 11) is -2.22. The van der Waals surface area contributed by atoms with E-state index in [1.54, 1.807) is 20.8 Å². The molecule has 0 aliphatic rings. The average Bonchev–Trinajstić information content (AvgIpc) is 2.83. The van der Waals surface area contributed by atoms with Crippen LogP contribution >= 0.6 is 7.52 Å². The van der Waals surface area contributed by atoms with E-state index in [4.69, 9.17) is 14.0 Å². The Bertz CT molecular complexity index is 1160. The average molecular weight is 576 g/mol. The number of benzene rings is 2. The maximum atomic E-state index is 14.1. The standard InChI is InChI=1S/C32H50NO6P/c1-18(2)26-13-24(14-27(19(3)4)30(26)34)25-15-28(20(5)6)31(29(16-25)21(7)8)39-40(36,17-37-12)33-23(11)32(35)38-22(9)10/h13-16,18-23,34H,17H2,1-12H3,(H,33,36)/t23-,40?/m0/s1. The summed E-state index contributed by atoms with van der Waals surface area (Å²) in [6.45, 7) is 21.8. The van der Waals surface area contributed by atoms with Crippen LogP contribution < -0.4 is 9.61 Å². The van der Waals surface area contributed by atoms with Crippen LogP contribution in [0, 0.1) is 0 Å². The number of esters is 1. The van der Waals surface area contributed by atoms with Gasteiger partial charge in [0.25, 0.3) is 0 Å². The molecule has 0 radical (unpaired) electrons. The molecule has 2 N–H and O–H groups in total. The van der Waals surface area contributed by atoms with Crippen molar-refractivity contribution in [3.8, 4) is 22.6 Å². The molecule has 0 amide bonds. The lowest BCUT2D eigenvalue weighted by atomic mass is 9.86. The van der Waals surface area contributed by atoms with Crippen molar-refractivity contribution < 1.29 is 28.5 Å². The zero-order valence-electron chi connectivity index (χ0n) is 26.4. The fourth-order valence-corrected chi connectivity index (χ4v) is 6.34. The molecule has 0 bridgehead atoms. The summed E-state index contributed by atoms with van der Waals surface area (Å²) in [5.41, 5.74) is 5.66. The van der Waals surface area contributed by atoms with E-state index >= 15 is 0 Å². The number of phenolic OH excluding ortho intramolecular Hbond substituents is 1. The summed E-state index contributed by atoms with van der Waals surface area (Å²) in [4.78, 5) is 12.5. The largest absolute Gasteiger partial charge is 0.507 e. The molecule has 1 unspecified atom stereocenters. The normalized spacial score (nSPS) is 14.3. The van der Waals surface area contributed by atoms with Gasteiger partial charge in [-0.3, -0.25) is 9.36 Å². The van der Waals surface area contributed by atoms with Crippen LogP contribution in [-0.2, 0) is 18.8 Å². The monoisotopic (exact) mass is 575 g/mol. The molecule has 224 valence electrons. The first-order valence-electron chi connectivity index (χ1n) is 14.3. The van der Waals surface area contributed by atoms with Gasteiger partial charge >= 0.3 is 13.5 Å². The van der Waals surface area contributed by atoms with Crippen LogP contribution in [0.4, 0.5) is 0 Å². The van der Waals surface area contributed by atoms with Crippen molar-refractivity contribution >= 4 is 13.5 Å². The van der Waals surface area contributed by atoms with Crippen molar-refractivity contribution in [3.63, 3.8) is 0 Å². The highest BCUT2D eigenvalue weighted by molar-refractivity contribution is 7.57. The van der Waals surface area contributed by atoms with Gasteiger partial charge in [-0.15, -0.1) is 0 Å². The van der Waals surface area contributed by atoms with Crippen molar-refractivity contribution in [2.45, 2.75) is 112 Å². The fraction of sp³-hybridized carbons (Fsp3) is 0.594. The van der Waals surface area contributed by atoms with Crippen molar-refractivity contribution in [1.29, 1.82) is 0 Å². The highest BCUT2D eigenvalue weighted by Gasteiger charge is 2.33. The molecule has 0 aliphatic heterocycles. The summed E-state index contributed by atoms with van der Waals surface area (Å²) in [5, 5.41) is 13.8. The minimum atomic E-state index is -3.67. The maximum Gasteiger partial charge on any atom is 0.342 e. The quantitative estimate of drug-likeness (QED) is 0.182. The van der Waals surface area contributed by atoms with Gasteiger partial charge in [0.1, 0.15) is 23.9 Å². The third kappa shape index (κ3) is 8.34. The fourth-order valence-electron chi connectivity index (χ4n) is 4.62. The maximum absolute atomic E-state index is 14.1. The highest BCUT2D eigenvalue weighted by Crippen LogP contribution is 2.50. The number of carbonyl (C=O) groups excluding carboxylic acids is 1. The smallest absolute Gasteiger partial charge is 0.342 e. The summed E-state index contributed by atoms with van der Waals surface area (Å²) >= 11 is 0. The Labute approximate surface area is 241 Å². The van der Waals surface area contributed by atoms with E-state index in [1.807, 2.05) is 0 Å². The van der Waals surface area contributed by atoms with Crippen LogP contribution in [0.5, 0.6) is 11.5 Å². The van der Waals surface area contributed by atoms with Gasteiger partial charge < -0.3 is 19.1 Å². The van der Waals surface area contributed by atoms with Gasteiger partial charge in [-0.05, 0) is 102 Å². The first-order chi connectivity index (χ1) is 18.5. The van der Waals surface area contributed by atoms with Gasteiger partial charge in [-0.25, -0.2) is 5.09 Å². The Morgan fingerprint density at radius 3 is 1.52 bits per heavy atom. The van der Waals surface area contributed by atoms with E-state index in [0.29, 0.717) is 11.5 Å². The molecule has 0 saturated carbocycles. The Morgan fingerprint density at radius 1 is 0.775 bits per heavy atom. The number of methoxy groups -OCH3 is 1. The molecule has 0 aromatic heterocycles. The first kappa shape index (κ1) is 33.9. The van der Waals surface area contributed by atoms with E-state index in [-0.39, 0.29) is 36.1 Å². The van der Waals surface area contributed by atoms with Gasteiger partial charge in [0.05, 0.1) is 6.10 Å². The molecule has 2 aromatic rings. The number of nitrogens with one attached hydrogen (secondary N) is 1. The van der Waals surface area contributed by atoms with Crippen molar-refractivity contribution in [2.75, 3.05) is 13.5 Å².